The summed E-state index contributed by atoms with van der Waals surface area (Å²) in [4.78, 5) is 16.4. The number of aromatic nitrogens is 1. The molecule has 1 heterocycles. The van der Waals surface area contributed by atoms with Crippen molar-refractivity contribution in [1.82, 2.24) is 4.98 Å². The van der Waals surface area contributed by atoms with Crippen LogP contribution in [0.2, 0.25) is 10.2 Å². The Morgan fingerprint density at radius 1 is 1.09 bits per heavy atom. The van der Waals surface area contributed by atoms with Gasteiger partial charge in [0.05, 0.1) is 29.6 Å². The Hall–Kier alpha value is -3.01. The standard InChI is InChI=1S/C24H25Cl2N3O5S/c1-24(2,3)13-10-16(21(33-4)18(11-13)29-35(5,31)32)20-15(23(27)30)6-7-17(25)22(20)34-14-8-9-28-19(26)12-14/h6-12,29H,1-5H3,(H2,27,30). The maximum atomic E-state index is 12.5. The molecule has 11 heteroatoms. The number of amides is 1. The molecular formula is C24H25Cl2N3O5S. The van der Waals surface area contributed by atoms with Crippen LogP contribution in [0.15, 0.2) is 42.6 Å². The minimum atomic E-state index is -3.67. The number of methoxy groups -OCH3 is 1. The van der Waals surface area contributed by atoms with E-state index in [1.165, 1.54) is 31.5 Å². The van der Waals surface area contributed by atoms with Crippen LogP contribution in [0.25, 0.3) is 11.1 Å². The summed E-state index contributed by atoms with van der Waals surface area (Å²) in [5, 5.41) is 0.372. The van der Waals surface area contributed by atoms with Crippen molar-refractivity contribution >= 4 is 44.8 Å². The number of benzene rings is 2. The van der Waals surface area contributed by atoms with E-state index >= 15 is 0 Å². The normalized spacial score (nSPS) is 11.7. The molecular weight excluding hydrogens is 513 g/mol. The van der Waals surface area contributed by atoms with E-state index in [4.69, 9.17) is 38.4 Å². The number of halogens is 2. The minimum Gasteiger partial charge on any atom is -0.494 e. The lowest BCUT2D eigenvalue weighted by molar-refractivity contribution is 0.100. The average molecular weight is 538 g/mol. The maximum absolute atomic E-state index is 12.5. The number of primary amides is 1. The van der Waals surface area contributed by atoms with Crippen LogP contribution in [0.1, 0.15) is 36.7 Å². The molecule has 186 valence electrons. The second kappa shape index (κ2) is 9.93. The molecule has 0 aliphatic carbocycles. The van der Waals surface area contributed by atoms with Crippen molar-refractivity contribution in [2.45, 2.75) is 26.2 Å². The summed E-state index contributed by atoms with van der Waals surface area (Å²) in [7, 11) is -2.28. The summed E-state index contributed by atoms with van der Waals surface area (Å²) in [5.41, 5.74) is 6.95. The van der Waals surface area contributed by atoms with Crippen molar-refractivity contribution in [3.63, 3.8) is 0 Å². The lowest BCUT2D eigenvalue weighted by atomic mass is 9.84. The second-order valence-corrected chi connectivity index (χ2v) is 11.4. The maximum Gasteiger partial charge on any atom is 0.249 e. The Kier molecular flexibility index (Phi) is 7.54. The zero-order valence-corrected chi connectivity index (χ0v) is 22.1. The van der Waals surface area contributed by atoms with Crippen molar-refractivity contribution < 1.29 is 22.7 Å². The van der Waals surface area contributed by atoms with Gasteiger partial charge in [-0.05, 0) is 41.3 Å². The van der Waals surface area contributed by atoms with Gasteiger partial charge < -0.3 is 15.2 Å². The Bertz CT molecular complexity index is 1400. The quantitative estimate of drug-likeness (QED) is 0.377. The highest BCUT2D eigenvalue weighted by Gasteiger charge is 2.27. The fourth-order valence-corrected chi connectivity index (χ4v) is 4.35. The molecule has 1 amide bonds. The van der Waals surface area contributed by atoms with Crippen LogP contribution in [0, 0.1) is 0 Å². The number of nitrogens with zero attached hydrogens (tertiary/aromatic N) is 1. The first-order valence-electron chi connectivity index (χ1n) is 10.3. The molecule has 8 nitrogen and oxygen atoms in total. The van der Waals surface area contributed by atoms with E-state index in [2.05, 4.69) is 9.71 Å². The molecule has 2 aromatic carbocycles. The molecule has 35 heavy (non-hydrogen) atoms. The van der Waals surface area contributed by atoms with Crippen molar-refractivity contribution in [1.29, 1.82) is 0 Å². The number of carbonyl (C=O) groups excluding carboxylic acids is 1. The molecule has 0 spiro atoms. The first-order chi connectivity index (χ1) is 16.2. The molecule has 1 aromatic heterocycles. The molecule has 3 rings (SSSR count). The van der Waals surface area contributed by atoms with Gasteiger partial charge in [-0.2, -0.15) is 0 Å². The molecule has 0 aliphatic rings. The van der Waals surface area contributed by atoms with Crippen LogP contribution in [0.5, 0.6) is 17.2 Å². The SMILES string of the molecule is COc1c(NS(C)(=O)=O)cc(C(C)(C)C)cc1-c1c(C(N)=O)ccc(Cl)c1Oc1ccnc(Cl)c1. The van der Waals surface area contributed by atoms with Gasteiger partial charge in [-0.25, -0.2) is 13.4 Å². The van der Waals surface area contributed by atoms with E-state index in [1.54, 1.807) is 18.2 Å². The molecule has 0 aliphatic heterocycles. The van der Waals surface area contributed by atoms with Crippen molar-refractivity contribution in [2.24, 2.45) is 5.73 Å². The van der Waals surface area contributed by atoms with Gasteiger partial charge in [-0.1, -0.05) is 44.0 Å². The highest BCUT2D eigenvalue weighted by Crippen LogP contribution is 2.48. The molecule has 0 saturated carbocycles. The van der Waals surface area contributed by atoms with Crippen LogP contribution < -0.4 is 19.9 Å². The van der Waals surface area contributed by atoms with Gasteiger partial charge in [-0.3, -0.25) is 9.52 Å². The van der Waals surface area contributed by atoms with Crippen molar-refractivity contribution in [2.75, 3.05) is 18.1 Å². The van der Waals surface area contributed by atoms with E-state index in [-0.39, 0.29) is 38.5 Å². The van der Waals surface area contributed by atoms with E-state index < -0.39 is 21.3 Å². The van der Waals surface area contributed by atoms with Gasteiger partial charge in [0.15, 0.2) is 11.5 Å². The monoisotopic (exact) mass is 537 g/mol. The smallest absolute Gasteiger partial charge is 0.249 e. The predicted octanol–water partition coefficient (Wildman–Crippen LogP) is 5.62. The van der Waals surface area contributed by atoms with Gasteiger partial charge in [-0.15, -0.1) is 0 Å². The topological polar surface area (TPSA) is 121 Å². The van der Waals surface area contributed by atoms with Gasteiger partial charge in [0.25, 0.3) is 0 Å². The van der Waals surface area contributed by atoms with Gasteiger partial charge >= 0.3 is 0 Å². The van der Waals surface area contributed by atoms with Crippen molar-refractivity contribution in [3.8, 4) is 28.4 Å². The van der Waals surface area contributed by atoms with Crippen LogP contribution in [-0.4, -0.2) is 32.7 Å². The van der Waals surface area contributed by atoms with Gasteiger partial charge in [0, 0.05) is 23.4 Å². The molecule has 0 saturated heterocycles. The summed E-state index contributed by atoms with van der Waals surface area (Å²) in [6, 6.07) is 9.48. The van der Waals surface area contributed by atoms with Crippen LogP contribution >= 0.6 is 23.2 Å². The molecule has 3 N–H and O–H groups in total. The summed E-state index contributed by atoms with van der Waals surface area (Å²) in [6.07, 6.45) is 2.49. The summed E-state index contributed by atoms with van der Waals surface area (Å²) in [6.45, 7) is 5.89. The lowest BCUT2D eigenvalue weighted by Gasteiger charge is -2.25. The molecule has 0 radical (unpaired) electrons. The van der Waals surface area contributed by atoms with Crippen LogP contribution in [0.3, 0.4) is 0 Å². The van der Waals surface area contributed by atoms with Crippen LogP contribution in [-0.2, 0) is 15.4 Å². The number of nitrogens with one attached hydrogen (secondary N) is 1. The summed E-state index contributed by atoms with van der Waals surface area (Å²) in [5.74, 6) is -0.156. The first-order valence-corrected chi connectivity index (χ1v) is 13.0. The van der Waals surface area contributed by atoms with E-state index in [1.807, 2.05) is 20.8 Å². The highest BCUT2D eigenvalue weighted by atomic mass is 35.5. The number of rotatable bonds is 7. The number of hydrogen-bond donors (Lipinski definition) is 2. The van der Waals surface area contributed by atoms with Crippen molar-refractivity contribution in [3.05, 3.63) is 63.9 Å². The third kappa shape index (κ3) is 6.17. The summed E-state index contributed by atoms with van der Waals surface area (Å²) >= 11 is 12.5. The van der Waals surface area contributed by atoms with Gasteiger partial charge in [0.1, 0.15) is 10.9 Å². The zero-order valence-electron chi connectivity index (χ0n) is 19.8. The molecule has 0 bridgehead atoms. The number of ether oxygens (including phenoxy) is 2. The fraction of sp³-hybridized carbons (Fsp3) is 0.250. The predicted molar refractivity (Wildman–Crippen MR) is 138 cm³/mol. The molecule has 0 fully saturated rings. The van der Waals surface area contributed by atoms with Gasteiger partial charge in [0.2, 0.25) is 15.9 Å². The largest absolute Gasteiger partial charge is 0.494 e. The zero-order chi connectivity index (χ0) is 26.1. The molecule has 3 aromatic rings. The average Bonchev–Trinajstić information content (AvgIpc) is 2.72. The Morgan fingerprint density at radius 3 is 2.31 bits per heavy atom. The Labute approximate surface area is 214 Å². The first kappa shape index (κ1) is 26.6. The van der Waals surface area contributed by atoms with E-state index in [0.717, 1.165) is 11.8 Å². The highest BCUT2D eigenvalue weighted by molar-refractivity contribution is 7.92. The number of sulfonamides is 1. The Morgan fingerprint density at radius 2 is 1.77 bits per heavy atom. The number of nitrogens with two attached hydrogens (primary N) is 1. The fourth-order valence-electron chi connectivity index (χ4n) is 3.44. The van der Waals surface area contributed by atoms with E-state index in [0.29, 0.717) is 11.3 Å². The number of anilines is 1. The van der Waals surface area contributed by atoms with E-state index in [9.17, 15) is 13.2 Å². The third-order valence-corrected chi connectivity index (χ3v) is 6.11. The lowest BCUT2D eigenvalue weighted by Crippen LogP contribution is -2.17. The third-order valence-electron chi connectivity index (χ3n) is 5.02. The summed E-state index contributed by atoms with van der Waals surface area (Å²) < 4.78 is 38.5. The Balaban J connectivity index is 2.44. The molecule has 0 atom stereocenters. The second-order valence-electron chi connectivity index (χ2n) is 8.81. The number of hydrogen-bond acceptors (Lipinski definition) is 6. The minimum absolute atomic E-state index is 0.0965. The van der Waals surface area contributed by atoms with Crippen LogP contribution in [0.4, 0.5) is 5.69 Å². The number of carbonyl (C=O) groups is 1. The molecule has 0 unspecified atom stereocenters. The number of pyridine rings is 1.